The fourth-order valence-electron chi connectivity index (χ4n) is 1.24. The average molecular weight is 248 g/mol. The Balaban J connectivity index is 2.33. The summed E-state index contributed by atoms with van der Waals surface area (Å²) in [6.07, 6.45) is 3.18. The molecule has 0 radical (unpaired) electrons. The van der Waals surface area contributed by atoms with E-state index in [2.05, 4.69) is 11.6 Å². The highest BCUT2D eigenvalue weighted by Gasteiger charge is 2.01. The third kappa shape index (κ3) is 4.87. The molecule has 0 saturated carbocycles. The molecule has 1 nitrogen and oxygen atoms in total. The molecule has 4 heteroatoms. The van der Waals surface area contributed by atoms with Gasteiger partial charge in [-0.1, -0.05) is 11.6 Å². The summed E-state index contributed by atoms with van der Waals surface area (Å²) in [5.41, 5.74) is 0.631. The molecule has 1 aromatic carbocycles. The van der Waals surface area contributed by atoms with Crippen molar-refractivity contribution in [1.29, 1.82) is 0 Å². The minimum Gasteiger partial charge on any atom is -0.313 e. The predicted molar refractivity (Wildman–Crippen MR) is 66.1 cm³/mol. The topological polar surface area (TPSA) is 12.0 Å². The van der Waals surface area contributed by atoms with E-state index in [-0.39, 0.29) is 5.82 Å². The van der Waals surface area contributed by atoms with E-state index in [1.54, 1.807) is 12.1 Å². The highest BCUT2D eigenvalue weighted by atomic mass is 35.5. The number of thioether (sulfide) groups is 1. The summed E-state index contributed by atoms with van der Waals surface area (Å²) in [5.74, 6) is 0.933. The first-order valence-electron chi connectivity index (χ1n) is 4.87. The molecule has 0 aromatic heterocycles. The summed E-state index contributed by atoms with van der Waals surface area (Å²) >= 11 is 7.60. The van der Waals surface area contributed by atoms with Crippen molar-refractivity contribution in [2.24, 2.45) is 0 Å². The molecule has 0 saturated heterocycles. The van der Waals surface area contributed by atoms with Crippen LogP contribution in [0.2, 0.25) is 5.02 Å². The Bertz CT molecular complexity index is 307. The zero-order valence-corrected chi connectivity index (χ0v) is 10.3. The summed E-state index contributed by atoms with van der Waals surface area (Å²) < 4.78 is 13.2. The van der Waals surface area contributed by atoms with Crippen molar-refractivity contribution in [2.75, 3.05) is 18.6 Å². The minimum absolute atomic E-state index is 0.197. The van der Waals surface area contributed by atoms with Crippen LogP contribution in [0.25, 0.3) is 0 Å². The molecule has 0 fully saturated rings. The minimum atomic E-state index is -0.197. The maximum Gasteiger partial charge on any atom is 0.127 e. The molecule has 1 aromatic rings. The first kappa shape index (κ1) is 12.8. The molecule has 1 N–H and O–H groups in total. The van der Waals surface area contributed by atoms with Crippen LogP contribution >= 0.6 is 23.4 Å². The monoisotopic (exact) mass is 247 g/mol. The van der Waals surface area contributed by atoms with Crippen molar-refractivity contribution >= 4 is 23.4 Å². The van der Waals surface area contributed by atoms with Crippen molar-refractivity contribution in [3.8, 4) is 0 Å². The van der Waals surface area contributed by atoms with Gasteiger partial charge in [-0.2, -0.15) is 11.8 Å². The number of halogens is 2. The smallest absolute Gasteiger partial charge is 0.127 e. The first-order chi connectivity index (χ1) is 7.24. The van der Waals surface area contributed by atoms with Crippen molar-refractivity contribution in [3.63, 3.8) is 0 Å². The zero-order chi connectivity index (χ0) is 11.1. The van der Waals surface area contributed by atoms with E-state index < -0.39 is 0 Å². The van der Waals surface area contributed by atoms with Crippen LogP contribution in [0.5, 0.6) is 0 Å². The predicted octanol–water partition coefficient (Wildman–Crippen LogP) is 3.32. The van der Waals surface area contributed by atoms with E-state index in [0.717, 1.165) is 18.7 Å². The number of hydrogen-bond acceptors (Lipinski definition) is 2. The second kappa shape index (κ2) is 7.09. The second-order valence-corrected chi connectivity index (χ2v) is 4.68. The van der Waals surface area contributed by atoms with Crippen molar-refractivity contribution < 1.29 is 4.39 Å². The maximum atomic E-state index is 13.2. The van der Waals surface area contributed by atoms with Crippen LogP contribution in [-0.4, -0.2) is 18.6 Å². The lowest BCUT2D eigenvalue weighted by Gasteiger charge is -2.05. The van der Waals surface area contributed by atoms with Gasteiger partial charge in [0.1, 0.15) is 5.82 Å². The van der Waals surface area contributed by atoms with Gasteiger partial charge in [-0.05, 0) is 43.2 Å². The molecular formula is C11H15ClFNS. The lowest BCUT2D eigenvalue weighted by atomic mass is 10.2. The quantitative estimate of drug-likeness (QED) is 0.774. The average Bonchev–Trinajstić information content (AvgIpc) is 2.23. The normalized spacial score (nSPS) is 10.6. The molecule has 0 bridgehead atoms. The lowest BCUT2D eigenvalue weighted by molar-refractivity contribution is 0.587. The summed E-state index contributed by atoms with van der Waals surface area (Å²) in [5, 5.41) is 3.77. The Morgan fingerprint density at radius 3 is 3.00 bits per heavy atom. The van der Waals surface area contributed by atoms with Crippen LogP contribution < -0.4 is 5.32 Å². The van der Waals surface area contributed by atoms with Gasteiger partial charge in [0.25, 0.3) is 0 Å². The van der Waals surface area contributed by atoms with Crippen LogP contribution in [0.1, 0.15) is 12.0 Å². The Hall–Kier alpha value is -0.250. The number of hydrogen-bond donors (Lipinski definition) is 1. The standard InChI is InChI=1S/C11H15ClFNS/c1-15-6-2-5-14-8-9-7-10(12)3-4-11(9)13/h3-4,7,14H,2,5-6,8H2,1H3. The van der Waals surface area contributed by atoms with Crippen molar-refractivity contribution in [1.82, 2.24) is 5.32 Å². The van der Waals surface area contributed by atoms with Gasteiger partial charge in [0.2, 0.25) is 0 Å². The number of benzene rings is 1. The SMILES string of the molecule is CSCCCNCc1cc(Cl)ccc1F. The Kier molecular flexibility index (Phi) is 6.06. The molecule has 0 spiro atoms. The summed E-state index contributed by atoms with van der Waals surface area (Å²) in [6.45, 7) is 1.45. The van der Waals surface area contributed by atoms with Crippen LogP contribution in [-0.2, 0) is 6.54 Å². The van der Waals surface area contributed by atoms with E-state index in [0.29, 0.717) is 17.1 Å². The fourth-order valence-corrected chi connectivity index (χ4v) is 1.87. The van der Waals surface area contributed by atoms with Gasteiger partial charge in [0.05, 0.1) is 0 Å². The summed E-state index contributed by atoms with van der Waals surface area (Å²) in [7, 11) is 0. The maximum absolute atomic E-state index is 13.2. The van der Waals surface area contributed by atoms with Crippen molar-refractivity contribution in [3.05, 3.63) is 34.6 Å². The van der Waals surface area contributed by atoms with E-state index in [1.807, 2.05) is 11.8 Å². The molecule has 0 aliphatic heterocycles. The molecule has 1 rings (SSSR count). The van der Waals surface area contributed by atoms with E-state index in [4.69, 9.17) is 11.6 Å². The molecule has 0 amide bonds. The molecule has 0 unspecified atom stereocenters. The second-order valence-electron chi connectivity index (χ2n) is 3.26. The van der Waals surface area contributed by atoms with Gasteiger partial charge >= 0.3 is 0 Å². The third-order valence-corrected chi connectivity index (χ3v) is 2.96. The van der Waals surface area contributed by atoms with Crippen molar-refractivity contribution in [2.45, 2.75) is 13.0 Å². The Morgan fingerprint density at radius 2 is 2.27 bits per heavy atom. The van der Waals surface area contributed by atoms with Gasteiger partial charge in [0, 0.05) is 17.1 Å². The van der Waals surface area contributed by atoms with Gasteiger partial charge < -0.3 is 5.32 Å². The van der Waals surface area contributed by atoms with Crippen LogP contribution in [0.4, 0.5) is 4.39 Å². The highest BCUT2D eigenvalue weighted by Crippen LogP contribution is 2.14. The van der Waals surface area contributed by atoms with Gasteiger partial charge in [-0.15, -0.1) is 0 Å². The lowest BCUT2D eigenvalue weighted by Crippen LogP contribution is -2.16. The number of nitrogens with one attached hydrogen (secondary N) is 1. The summed E-state index contributed by atoms with van der Waals surface area (Å²) in [4.78, 5) is 0. The zero-order valence-electron chi connectivity index (χ0n) is 8.72. The summed E-state index contributed by atoms with van der Waals surface area (Å²) in [6, 6.07) is 4.63. The van der Waals surface area contributed by atoms with E-state index >= 15 is 0 Å². The van der Waals surface area contributed by atoms with Crippen LogP contribution in [0.3, 0.4) is 0 Å². The van der Waals surface area contributed by atoms with Gasteiger partial charge in [-0.3, -0.25) is 0 Å². The van der Waals surface area contributed by atoms with Crippen LogP contribution in [0, 0.1) is 5.82 Å². The highest BCUT2D eigenvalue weighted by molar-refractivity contribution is 7.98. The molecule has 84 valence electrons. The molecule has 0 aliphatic carbocycles. The van der Waals surface area contributed by atoms with E-state index in [9.17, 15) is 4.39 Å². The van der Waals surface area contributed by atoms with Gasteiger partial charge in [0.15, 0.2) is 0 Å². The largest absolute Gasteiger partial charge is 0.313 e. The Labute approximate surface area is 99.4 Å². The molecule has 15 heavy (non-hydrogen) atoms. The molecular weight excluding hydrogens is 233 g/mol. The molecule has 0 atom stereocenters. The Morgan fingerprint density at radius 1 is 1.47 bits per heavy atom. The molecule has 0 aliphatic rings. The third-order valence-electron chi connectivity index (χ3n) is 2.03. The van der Waals surface area contributed by atoms with Gasteiger partial charge in [-0.25, -0.2) is 4.39 Å². The first-order valence-corrected chi connectivity index (χ1v) is 6.65. The fraction of sp³-hybridized carbons (Fsp3) is 0.455. The van der Waals surface area contributed by atoms with E-state index in [1.165, 1.54) is 6.07 Å². The number of rotatable bonds is 6. The molecule has 0 heterocycles. The van der Waals surface area contributed by atoms with Crippen LogP contribution in [0.15, 0.2) is 18.2 Å².